The van der Waals surface area contributed by atoms with Gasteiger partial charge < -0.3 is 10.2 Å². The van der Waals surface area contributed by atoms with Gasteiger partial charge in [-0.2, -0.15) is 0 Å². The van der Waals surface area contributed by atoms with Crippen LogP contribution in [0.2, 0.25) is 0 Å². The van der Waals surface area contributed by atoms with E-state index in [0.29, 0.717) is 6.04 Å². The van der Waals surface area contributed by atoms with E-state index in [1.54, 1.807) is 11.3 Å². The van der Waals surface area contributed by atoms with E-state index < -0.39 is 0 Å². The molecule has 0 saturated heterocycles. The molecule has 18 heavy (non-hydrogen) atoms. The lowest BCUT2D eigenvalue weighted by molar-refractivity contribution is 0.652. The molecule has 0 aliphatic carbocycles. The number of nitrogens with zero attached hydrogens (tertiary/aromatic N) is 2. The number of benzene rings is 1. The van der Waals surface area contributed by atoms with Crippen LogP contribution in [-0.2, 0) is 6.54 Å². The van der Waals surface area contributed by atoms with E-state index in [0.717, 1.165) is 12.2 Å². The highest BCUT2D eigenvalue weighted by Crippen LogP contribution is 2.19. The number of rotatable bonds is 5. The smallest absolute Gasteiger partial charge is 0.0795 e. The van der Waals surface area contributed by atoms with Crippen molar-refractivity contribution in [3.8, 4) is 0 Å². The normalized spacial score (nSPS) is 12.4. The lowest BCUT2D eigenvalue weighted by atomic mass is 10.1. The average Bonchev–Trinajstić information content (AvgIpc) is 2.91. The van der Waals surface area contributed by atoms with E-state index in [1.165, 1.54) is 11.3 Å². The summed E-state index contributed by atoms with van der Waals surface area (Å²) in [5.74, 6) is 0. The van der Waals surface area contributed by atoms with Crippen molar-refractivity contribution in [2.45, 2.75) is 19.5 Å². The highest BCUT2D eigenvalue weighted by Gasteiger charge is 2.05. The fraction of sp³-hybridized carbons (Fsp3) is 0.357. The van der Waals surface area contributed by atoms with Gasteiger partial charge in [-0.3, -0.25) is 0 Å². The quantitative estimate of drug-likeness (QED) is 0.896. The highest BCUT2D eigenvalue weighted by atomic mass is 32.1. The molecule has 0 radical (unpaired) electrons. The Morgan fingerprint density at radius 3 is 2.61 bits per heavy atom. The third kappa shape index (κ3) is 3.09. The molecule has 0 aliphatic heterocycles. The Hall–Kier alpha value is -1.39. The van der Waals surface area contributed by atoms with Crippen LogP contribution in [0.1, 0.15) is 24.2 Å². The summed E-state index contributed by atoms with van der Waals surface area (Å²) >= 11 is 1.64. The Labute approximate surface area is 112 Å². The van der Waals surface area contributed by atoms with Gasteiger partial charge in [0.05, 0.1) is 17.7 Å². The summed E-state index contributed by atoms with van der Waals surface area (Å²) in [7, 11) is 4.07. The van der Waals surface area contributed by atoms with Crippen molar-refractivity contribution in [1.82, 2.24) is 10.3 Å². The van der Waals surface area contributed by atoms with Crippen molar-refractivity contribution in [3.05, 3.63) is 46.4 Å². The SMILES string of the molecule is CNC(C)c1ccc(N(C)Cc2cscn2)cc1. The lowest BCUT2D eigenvalue weighted by Crippen LogP contribution is -2.17. The van der Waals surface area contributed by atoms with Crippen LogP contribution in [0.4, 0.5) is 5.69 Å². The first kappa shape index (κ1) is 13.1. The summed E-state index contributed by atoms with van der Waals surface area (Å²) in [6.07, 6.45) is 0. The van der Waals surface area contributed by atoms with E-state index in [9.17, 15) is 0 Å². The third-order valence-corrected chi connectivity index (χ3v) is 3.78. The second kappa shape index (κ2) is 5.98. The minimum atomic E-state index is 0.392. The molecule has 1 unspecified atom stereocenters. The van der Waals surface area contributed by atoms with Crippen LogP contribution in [0.3, 0.4) is 0 Å². The zero-order valence-corrected chi connectivity index (χ0v) is 11.9. The van der Waals surface area contributed by atoms with Crippen molar-refractivity contribution in [3.63, 3.8) is 0 Å². The minimum absolute atomic E-state index is 0.392. The lowest BCUT2D eigenvalue weighted by Gasteiger charge is -2.19. The molecule has 2 aromatic rings. The number of anilines is 1. The molecule has 0 spiro atoms. The Morgan fingerprint density at radius 1 is 1.33 bits per heavy atom. The maximum Gasteiger partial charge on any atom is 0.0795 e. The van der Waals surface area contributed by atoms with Gasteiger partial charge in [0.25, 0.3) is 0 Å². The molecule has 1 atom stereocenters. The fourth-order valence-electron chi connectivity index (χ4n) is 1.83. The summed E-state index contributed by atoms with van der Waals surface area (Å²) < 4.78 is 0. The number of hydrogen-bond donors (Lipinski definition) is 1. The maximum absolute atomic E-state index is 4.31. The van der Waals surface area contributed by atoms with Gasteiger partial charge >= 0.3 is 0 Å². The molecule has 2 rings (SSSR count). The Bertz CT molecular complexity index is 464. The number of aromatic nitrogens is 1. The Kier molecular flexibility index (Phi) is 4.33. The van der Waals surface area contributed by atoms with Crippen LogP contribution >= 0.6 is 11.3 Å². The van der Waals surface area contributed by atoms with Crippen LogP contribution in [0.5, 0.6) is 0 Å². The highest BCUT2D eigenvalue weighted by molar-refractivity contribution is 7.07. The zero-order chi connectivity index (χ0) is 13.0. The second-order valence-electron chi connectivity index (χ2n) is 4.44. The topological polar surface area (TPSA) is 28.2 Å². The standard InChI is InChI=1S/C14H19N3S/c1-11(15-2)12-4-6-14(7-5-12)17(3)8-13-9-18-10-16-13/h4-7,9-11,15H,8H2,1-3H3. The van der Waals surface area contributed by atoms with Crippen molar-refractivity contribution in [2.75, 3.05) is 19.0 Å². The molecule has 0 bridgehead atoms. The van der Waals surface area contributed by atoms with Gasteiger partial charge in [-0.15, -0.1) is 11.3 Å². The number of thiazole rings is 1. The van der Waals surface area contributed by atoms with E-state index in [-0.39, 0.29) is 0 Å². The van der Waals surface area contributed by atoms with Crippen molar-refractivity contribution < 1.29 is 0 Å². The van der Waals surface area contributed by atoms with Crippen LogP contribution in [-0.4, -0.2) is 19.1 Å². The maximum atomic E-state index is 4.31. The van der Waals surface area contributed by atoms with Gasteiger partial charge in [0, 0.05) is 24.2 Å². The van der Waals surface area contributed by atoms with Gasteiger partial charge in [-0.25, -0.2) is 4.98 Å². The minimum Gasteiger partial charge on any atom is -0.369 e. The van der Waals surface area contributed by atoms with Crippen LogP contribution in [0.15, 0.2) is 35.2 Å². The monoisotopic (exact) mass is 261 g/mol. The first-order chi connectivity index (χ1) is 8.70. The molecule has 3 nitrogen and oxygen atoms in total. The molecule has 0 fully saturated rings. The molecule has 96 valence electrons. The second-order valence-corrected chi connectivity index (χ2v) is 5.16. The Balaban J connectivity index is 2.04. The Morgan fingerprint density at radius 2 is 2.06 bits per heavy atom. The van der Waals surface area contributed by atoms with Gasteiger partial charge in [-0.1, -0.05) is 12.1 Å². The van der Waals surface area contributed by atoms with E-state index in [1.807, 2.05) is 12.6 Å². The summed E-state index contributed by atoms with van der Waals surface area (Å²) in [5, 5.41) is 5.34. The third-order valence-electron chi connectivity index (χ3n) is 3.15. The van der Waals surface area contributed by atoms with Crippen LogP contribution in [0.25, 0.3) is 0 Å². The average molecular weight is 261 g/mol. The fourth-order valence-corrected chi connectivity index (χ4v) is 2.38. The van der Waals surface area contributed by atoms with Gasteiger partial charge in [0.1, 0.15) is 0 Å². The van der Waals surface area contributed by atoms with Crippen molar-refractivity contribution in [1.29, 1.82) is 0 Å². The molecular formula is C14H19N3S. The predicted molar refractivity (Wildman–Crippen MR) is 78.1 cm³/mol. The molecular weight excluding hydrogens is 242 g/mol. The molecule has 0 aliphatic rings. The number of nitrogens with one attached hydrogen (secondary N) is 1. The van der Waals surface area contributed by atoms with Crippen molar-refractivity contribution >= 4 is 17.0 Å². The zero-order valence-electron chi connectivity index (χ0n) is 11.1. The summed E-state index contributed by atoms with van der Waals surface area (Å²) in [6.45, 7) is 3.01. The molecule has 0 saturated carbocycles. The molecule has 1 aromatic heterocycles. The molecule has 1 N–H and O–H groups in total. The first-order valence-electron chi connectivity index (χ1n) is 6.06. The molecule has 4 heteroatoms. The molecule has 1 heterocycles. The first-order valence-corrected chi connectivity index (χ1v) is 7.00. The van der Waals surface area contributed by atoms with Crippen molar-refractivity contribution in [2.24, 2.45) is 0 Å². The molecule has 0 amide bonds. The van der Waals surface area contributed by atoms with Gasteiger partial charge in [0.15, 0.2) is 0 Å². The van der Waals surface area contributed by atoms with Crippen LogP contribution < -0.4 is 10.2 Å². The number of hydrogen-bond acceptors (Lipinski definition) is 4. The van der Waals surface area contributed by atoms with Gasteiger partial charge in [-0.05, 0) is 31.7 Å². The largest absolute Gasteiger partial charge is 0.369 e. The molecule has 1 aromatic carbocycles. The van der Waals surface area contributed by atoms with Crippen LogP contribution in [0, 0.1) is 0 Å². The summed E-state index contributed by atoms with van der Waals surface area (Å²) in [6, 6.07) is 9.07. The van der Waals surface area contributed by atoms with Gasteiger partial charge in [0.2, 0.25) is 0 Å². The van der Waals surface area contributed by atoms with E-state index >= 15 is 0 Å². The summed E-state index contributed by atoms with van der Waals surface area (Å²) in [5.41, 5.74) is 5.52. The predicted octanol–water partition coefficient (Wildman–Crippen LogP) is 3.06. The van der Waals surface area contributed by atoms with E-state index in [2.05, 4.69) is 58.8 Å². The van der Waals surface area contributed by atoms with E-state index in [4.69, 9.17) is 0 Å². The summed E-state index contributed by atoms with van der Waals surface area (Å²) in [4.78, 5) is 6.52.